The fourth-order valence-electron chi connectivity index (χ4n) is 19.6. The van der Waals surface area contributed by atoms with Gasteiger partial charge in [0.1, 0.15) is 80.2 Å². The number of phenolic OH excluding ortho intramolecular Hbond substituents is 3. The number of likely N-dealkylation sites (N-methyl/N-ethyl adjacent to an activating group) is 1. The number of halogens is 9. The third kappa shape index (κ3) is 15.3. The van der Waals surface area contributed by atoms with Gasteiger partial charge in [-0.15, -0.1) is 0 Å². The molecule has 0 saturated carbocycles. The van der Waals surface area contributed by atoms with Crippen LogP contribution < -0.4 is 42.0 Å². The third-order valence-corrected chi connectivity index (χ3v) is 27.4. The van der Waals surface area contributed by atoms with E-state index in [1.54, 1.807) is 79.8 Å². The Morgan fingerprint density at radius 1 is 0.438 bits per heavy atom. The molecule has 18 rings (SSSR count). The highest BCUT2D eigenvalue weighted by molar-refractivity contribution is 7.91. The molecule has 4 N–H and O–H groups in total. The summed E-state index contributed by atoms with van der Waals surface area (Å²) in [6.45, 7) is 31.4. The van der Waals surface area contributed by atoms with E-state index in [9.17, 15) is 62.1 Å². The van der Waals surface area contributed by atoms with Crippen LogP contribution in [0.15, 0.2) is 149 Å². The molecular weight excluding hydrogens is 1810 g/mol. The van der Waals surface area contributed by atoms with E-state index >= 15 is 39.5 Å². The maximum absolute atomic E-state index is 17.3. The van der Waals surface area contributed by atoms with Crippen LogP contribution in [0.3, 0.4) is 0 Å². The summed E-state index contributed by atoms with van der Waals surface area (Å²) in [7, 11) is -3.43. The molecule has 3 saturated heterocycles. The molecule has 6 atom stereocenters. The number of carbonyl (C=O) groups is 5. The van der Waals surface area contributed by atoms with Crippen LogP contribution in [0.1, 0.15) is 114 Å². The molecule has 6 unspecified atom stereocenters. The Balaban J connectivity index is 0.000000149. The van der Waals surface area contributed by atoms with Gasteiger partial charge in [0.15, 0.2) is 44.7 Å². The zero-order valence-corrected chi connectivity index (χ0v) is 76.9. The van der Waals surface area contributed by atoms with Crippen molar-refractivity contribution in [2.45, 2.75) is 142 Å². The van der Waals surface area contributed by atoms with Gasteiger partial charge in [0, 0.05) is 69.9 Å². The van der Waals surface area contributed by atoms with Crippen LogP contribution in [0.4, 0.5) is 68.3 Å². The summed E-state index contributed by atoms with van der Waals surface area (Å²) in [6.07, 6.45) is 7.90. The Morgan fingerprint density at radius 2 is 0.781 bits per heavy atom. The molecule has 0 radical (unpaired) electrons. The number of aromatic nitrogens is 9. The molecule has 12 aromatic rings. The average molecular weight is 1900 g/mol. The third-order valence-electron chi connectivity index (χ3n) is 25.6. The van der Waals surface area contributed by atoms with Crippen molar-refractivity contribution in [2.75, 3.05) is 77.0 Å². The summed E-state index contributed by atoms with van der Waals surface area (Å²) >= 11 is 0. The van der Waals surface area contributed by atoms with Gasteiger partial charge in [-0.05, 0) is 149 Å². The molecule has 6 aromatic carbocycles. The van der Waals surface area contributed by atoms with Crippen molar-refractivity contribution in [3.63, 3.8) is 0 Å². The van der Waals surface area contributed by atoms with E-state index in [4.69, 9.17) is 0 Å². The number of fused-ring (bicyclic) bond motifs is 6. The highest BCUT2D eigenvalue weighted by atomic mass is 32.2. The molecule has 710 valence electrons. The quantitative estimate of drug-likeness (QED) is 0.0501. The number of hydrogen-bond acceptors (Lipinski definition) is 22. The van der Waals surface area contributed by atoms with E-state index in [1.165, 1.54) is 61.0 Å². The summed E-state index contributed by atoms with van der Waals surface area (Å²) in [6, 6.07) is 8.93. The Morgan fingerprint density at radius 3 is 1.18 bits per heavy atom. The summed E-state index contributed by atoms with van der Waals surface area (Å²) in [4.78, 5) is 143. The second-order valence-corrected chi connectivity index (χ2v) is 37.3. The van der Waals surface area contributed by atoms with Gasteiger partial charge in [0.05, 0.1) is 125 Å². The van der Waals surface area contributed by atoms with Crippen LogP contribution in [0.5, 0.6) is 17.2 Å². The number of anilines is 5. The van der Waals surface area contributed by atoms with Gasteiger partial charge in [-0.3, -0.25) is 52.6 Å². The Bertz CT molecular complexity index is 7540. The number of hydrogen-bond donors (Lipinski definition) is 4. The number of benzene rings is 6. The van der Waals surface area contributed by atoms with Crippen LogP contribution >= 0.6 is 0 Å². The molecule has 5 amide bonds. The van der Waals surface area contributed by atoms with Crippen LogP contribution in [0.25, 0.3) is 83.2 Å². The van der Waals surface area contributed by atoms with E-state index in [0.29, 0.717) is 33.8 Å². The fourth-order valence-corrected chi connectivity index (χ4v) is 21.4. The smallest absolute Gasteiger partial charge is 0.354 e. The first-order valence-corrected chi connectivity index (χ1v) is 45.2. The number of sulfone groups is 1. The Hall–Kier alpha value is -15.1. The lowest BCUT2D eigenvalue weighted by molar-refractivity contribution is -0.130. The number of rotatable bonds is 12. The van der Waals surface area contributed by atoms with Gasteiger partial charge in [-0.1, -0.05) is 79.5 Å². The van der Waals surface area contributed by atoms with E-state index < -0.39 is 240 Å². The summed E-state index contributed by atoms with van der Waals surface area (Å²) in [5, 5.41) is 33.5. The molecule has 6 aliphatic rings. The van der Waals surface area contributed by atoms with Crippen LogP contribution in [0.2, 0.25) is 0 Å². The van der Waals surface area contributed by atoms with Crippen LogP contribution in [-0.4, -0.2) is 200 Å². The Kier molecular flexibility index (Phi) is 24.7. The number of piperazine rings is 3. The minimum Gasteiger partial charge on any atom is -0.507 e. The van der Waals surface area contributed by atoms with Gasteiger partial charge in [0.2, 0.25) is 23.6 Å². The van der Waals surface area contributed by atoms with Crippen molar-refractivity contribution in [3.8, 4) is 67.7 Å². The predicted octanol–water partition coefficient (Wildman–Crippen LogP) is 13.5. The highest BCUT2D eigenvalue weighted by Crippen LogP contribution is 2.53. The van der Waals surface area contributed by atoms with E-state index in [0.717, 1.165) is 79.3 Å². The van der Waals surface area contributed by atoms with Crippen molar-refractivity contribution in [2.24, 2.45) is 0 Å². The van der Waals surface area contributed by atoms with Crippen molar-refractivity contribution in [1.29, 1.82) is 0 Å². The fraction of sp³-hybridized carbons (Fsp3) is 0.299. The molecule has 30 nitrogen and oxygen atoms in total. The molecule has 3 fully saturated rings. The molecule has 0 spiro atoms. The molecule has 0 bridgehead atoms. The predicted molar refractivity (Wildman–Crippen MR) is 494 cm³/mol. The number of phenols is 3. The first kappa shape index (κ1) is 95.1. The number of pyridine rings is 3. The molecular formula is C97H90F9N17O13S. The average Bonchev–Trinajstić information content (AvgIpc) is 1.65. The number of aryl methyl sites for hydroxylation is 3. The normalized spacial score (nSPS) is 18.2. The minimum absolute atomic E-state index is 0.0777. The maximum Gasteiger partial charge on any atom is 0.354 e. The van der Waals surface area contributed by atoms with Gasteiger partial charge < -0.3 is 54.9 Å². The van der Waals surface area contributed by atoms with E-state index in [1.807, 2.05) is 27.7 Å². The summed E-state index contributed by atoms with van der Waals surface area (Å²) in [5.41, 5.74) is -7.98. The zero-order chi connectivity index (χ0) is 99.2. The van der Waals surface area contributed by atoms with Crippen LogP contribution in [0, 0.1) is 73.1 Å². The SMILES string of the molecule is C=CC(=O)N1CC(C)N2c3nc(=O)n(-c4c(C)ccnc4C(C)C)c4c(F)c(-c5c(O)cccc5F)c(F)c(c34)N(C)C(=O)C2C1.C=CC(=O)N1CC(C)N2c3nc(=O)n(-c4c(C)ccnc4C(C)C)c4c(F)c(-c5c(O)cccc5F)c(F)c(c34)NC(=O)C2C1.C=CC(=O)N1CC(C)N2c3nc(=O)n(-c4c(C)ccnc4C(C)C)c4c(F)c(-c5c(O)cccc5F)c(F)c(c34)S(=O)(=O)CC2C1. The van der Waals surface area contributed by atoms with E-state index in [2.05, 4.69) is 55.0 Å². The Labute approximate surface area is 776 Å². The number of nitrogens with one attached hydrogen (secondary N) is 1. The van der Waals surface area contributed by atoms with Crippen molar-refractivity contribution in [1.82, 2.24) is 58.3 Å². The first-order chi connectivity index (χ1) is 64.8. The number of carbonyl (C=O) groups excluding carboxylic acids is 5. The van der Waals surface area contributed by atoms with Crippen molar-refractivity contribution >= 4 is 101 Å². The minimum atomic E-state index is -4.71. The van der Waals surface area contributed by atoms with Crippen molar-refractivity contribution in [3.05, 3.63) is 247 Å². The lowest BCUT2D eigenvalue weighted by Crippen LogP contribution is -2.63. The number of amides is 5. The molecule has 137 heavy (non-hydrogen) atoms. The largest absolute Gasteiger partial charge is 0.507 e. The second kappa shape index (κ2) is 35.6. The monoisotopic (exact) mass is 1900 g/mol. The lowest BCUT2D eigenvalue weighted by Gasteiger charge is -2.45. The van der Waals surface area contributed by atoms with Gasteiger partial charge in [0.25, 0.3) is 5.91 Å². The zero-order valence-electron chi connectivity index (χ0n) is 76.0. The molecule has 6 aliphatic heterocycles. The number of aromatic hydroxyl groups is 3. The van der Waals surface area contributed by atoms with Crippen LogP contribution in [-0.2, 0) is 33.8 Å². The number of nitrogens with zero attached hydrogens (tertiary/aromatic N) is 16. The topological polar surface area (TPSA) is 358 Å². The maximum atomic E-state index is 17.3. The summed E-state index contributed by atoms with van der Waals surface area (Å²) in [5.74, 6) is -19.3. The second-order valence-electron chi connectivity index (χ2n) is 35.3. The van der Waals surface area contributed by atoms with E-state index in [-0.39, 0.29) is 102 Å². The van der Waals surface area contributed by atoms with Gasteiger partial charge in [-0.2, -0.15) is 15.0 Å². The first-order valence-electron chi connectivity index (χ1n) is 43.5. The standard InChI is InChI=1S/C33H31F3N6O4.C32H29F3N6O4.C32H30F3N5O5S/c1-7-21(44)40-13-17(5)41-19(14-40)32(45)39(6)29-24-30(26(36)23(25(29)35)22-18(34)9-8-10-20(22)43)42(33(46)38-31(24)41)28-16(4)11-12-37-27(28)15(2)3;1-6-20(43)39-12-16(5)40-18(13-39)31(44)37-27-23-29(25(35)22(24(27)34)21-17(33)8-7-9-19(21)42)41(32(45)38-30(23)40)28-15(4)10-11-36-26(28)14(2)3;1-6-21(42)38-12-17(5)39-18(13-38)14-46(44,45)30-24-29(25(34)23(26(30)35)22-19(33)8-7-9-20(22)41)40(32(43)37-31(24)39)28-16(4)10-11-36-27(28)15(2)3/h7-12,15,17,19,43H,1,13-14H2,2-6H3;6-11,14,16,18,42H,1,12-13H2,2-5H3,(H,37,44);6-11,15,17-18,41H,1,12-14H2,2-5H3. The molecule has 40 heteroatoms. The summed E-state index contributed by atoms with van der Waals surface area (Å²) < 4.78 is 179. The highest BCUT2D eigenvalue weighted by Gasteiger charge is 2.51. The molecule has 12 heterocycles. The van der Waals surface area contributed by atoms with Gasteiger partial charge in [-0.25, -0.2) is 62.3 Å². The molecule has 6 aromatic heterocycles. The van der Waals surface area contributed by atoms with Gasteiger partial charge >= 0.3 is 17.1 Å². The lowest BCUT2D eigenvalue weighted by atomic mass is 9.97. The van der Waals surface area contributed by atoms with Crippen molar-refractivity contribution < 1.29 is 87.2 Å². The molecule has 0 aliphatic carbocycles.